The van der Waals surface area contributed by atoms with Crippen LogP contribution in [0.3, 0.4) is 0 Å². The average molecular weight is 303 g/mol. The molecule has 0 saturated carbocycles. The molecule has 2 aromatic heterocycles. The minimum atomic E-state index is 1.03. The summed E-state index contributed by atoms with van der Waals surface area (Å²) in [6, 6.07) is 0. The van der Waals surface area contributed by atoms with Crippen molar-refractivity contribution >= 4 is 27.4 Å². The highest BCUT2D eigenvalue weighted by atomic mass is 32.1. The standard InChI is InChI=1S/C17H25N3S/c1-2-3-4-5-8-11-18-16-15-13-9-6-7-10-14(13)21-17(15)20-12-19-16/h12H,2-11H2,1H3,(H,18,19,20). The normalized spacial score (nSPS) is 14.3. The van der Waals surface area contributed by atoms with Gasteiger partial charge in [-0.1, -0.05) is 32.6 Å². The molecule has 0 spiro atoms. The molecule has 114 valence electrons. The van der Waals surface area contributed by atoms with Gasteiger partial charge in [-0.25, -0.2) is 9.97 Å². The highest BCUT2D eigenvalue weighted by Gasteiger charge is 2.19. The molecule has 1 N–H and O–H groups in total. The molecule has 0 unspecified atom stereocenters. The van der Waals surface area contributed by atoms with Crippen molar-refractivity contribution in [3.8, 4) is 0 Å². The van der Waals surface area contributed by atoms with Crippen molar-refractivity contribution in [1.82, 2.24) is 9.97 Å². The van der Waals surface area contributed by atoms with Crippen LogP contribution in [0.4, 0.5) is 5.82 Å². The number of aryl methyl sites for hydroxylation is 2. The molecular weight excluding hydrogens is 278 g/mol. The van der Waals surface area contributed by atoms with Crippen molar-refractivity contribution in [2.24, 2.45) is 0 Å². The van der Waals surface area contributed by atoms with E-state index in [4.69, 9.17) is 0 Å². The van der Waals surface area contributed by atoms with Gasteiger partial charge in [-0.15, -0.1) is 11.3 Å². The third-order valence-corrected chi connectivity index (χ3v) is 5.52. The second kappa shape index (κ2) is 7.21. The van der Waals surface area contributed by atoms with Crippen LogP contribution in [-0.2, 0) is 12.8 Å². The predicted molar refractivity (Wildman–Crippen MR) is 91.3 cm³/mol. The summed E-state index contributed by atoms with van der Waals surface area (Å²) in [5, 5.41) is 4.87. The number of fused-ring (bicyclic) bond motifs is 3. The summed E-state index contributed by atoms with van der Waals surface area (Å²) >= 11 is 1.87. The van der Waals surface area contributed by atoms with Crippen molar-refractivity contribution in [3.63, 3.8) is 0 Å². The number of anilines is 1. The summed E-state index contributed by atoms with van der Waals surface area (Å²) in [4.78, 5) is 11.7. The van der Waals surface area contributed by atoms with Crippen molar-refractivity contribution in [2.45, 2.75) is 64.7 Å². The molecule has 0 atom stereocenters. The zero-order valence-electron chi connectivity index (χ0n) is 13.0. The van der Waals surface area contributed by atoms with Crippen molar-refractivity contribution in [2.75, 3.05) is 11.9 Å². The number of unbranched alkanes of at least 4 members (excludes halogenated alkanes) is 4. The van der Waals surface area contributed by atoms with E-state index in [2.05, 4.69) is 22.2 Å². The average Bonchev–Trinajstić information content (AvgIpc) is 2.90. The maximum absolute atomic E-state index is 4.51. The van der Waals surface area contributed by atoms with Crippen LogP contribution in [0.2, 0.25) is 0 Å². The first-order chi connectivity index (χ1) is 10.4. The number of thiophene rings is 1. The predicted octanol–water partition coefficient (Wildman–Crippen LogP) is 4.95. The van der Waals surface area contributed by atoms with Gasteiger partial charge in [-0.2, -0.15) is 0 Å². The third-order valence-electron chi connectivity index (χ3n) is 4.32. The Labute approximate surface area is 131 Å². The maximum Gasteiger partial charge on any atom is 0.138 e. The quantitative estimate of drug-likeness (QED) is 0.735. The lowest BCUT2D eigenvalue weighted by Crippen LogP contribution is -2.05. The molecule has 0 aliphatic heterocycles. The van der Waals surface area contributed by atoms with E-state index in [0.717, 1.165) is 12.4 Å². The van der Waals surface area contributed by atoms with E-state index in [-0.39, 0.29) is 0 Å². The largest absolute Gasteiger partial charge is 0.369 e. The zero-order valence-corrected chi connectivity index (χ0v) is 13.8. The molecule has 0 aromatic carbocycles. The van der Waals surface area contributed by atoms with Crippen LogP contribution >= 0.6 is 11.3 Å². The van der Waals surface area contributed by atoms with Gasteiger partial charge in [0.15, 0.2) is 0 Å². The van der Waals surface area contributed by atoms with E-state index >= 15 is 0 Å². The summed E-state index contributed by atoms with van der Waals surface area (Å²) in [6.07, 6.45) is 13.3. The Morgan fingerprint density at radius 2 is 1.95 bits per heavy atom. The molecule has 2 heterocycles. The molecule has 1 aliphatic rings. The van der Waals surface area contributed by atoms with Crippen LogP contribution in [0, 0.1) is 0 Å². The van der Waals surface area contributed by atoms with Crippen LogP contribution in [-0.4, -0.2) is 16.5 Å². The lowest BCUT2D eigenvalue weighted by Gasteiger charge is -2.12. The van der Waals surface area contributed by atoms with E-state index in [1.165, 1.54) is 73.6 Å². The van der Waals surface area contributed by atoms with Gasteiger partial charge < -0.3 is 5.32 Å². The van der Waals surface area contributed by atoms with Crippen LogP contribution in [0.25, 0.3) is 10.2 Å². The molecule has 0 saturated heterocycles. The van der Waals surface area contributed by atoms with Crippen LogP contribution in [0.15, 0.2) is 6.33 Å². The molecule has 21 heavy (non-hydrogen) atoms. The van der Waals surface area contributed by atoms with Gasteiger partial charge in [0.05, 0.1) is 5.39 Å². The number of nitrogens with zero attached hydrogens (tertiary/aromatic N) is 2. The van der Waals surface area contributed by atoms with Gasteiger partial charge in [-0.05, 0) is 37.7 Å². The first kappa shape index (κ1) is 14.8. The molecule has 0 amide bonds. The minimum Gasteiger partial charge on any atom is -0.369 e. The van der Waals surface area contributed by atoms with Crippen LogP contribution in [0.1, 0.15) is 62.3 Å². The monoisotopic (exact) mass is 303 g/mol. The molecular formula is C17H25N3S. The number of hydrogen-bond acceptors (Lipinski definition) is 4. The second-order valence-corrected chi connectivity index (χ2v) is 7.04. The highest BCUT2D eigenvalue weighted by Crippen LogP contribution is 2.38. The number of aromatic nitrogens is 2. The molecule has 2 aromatic rings. The Bertz CT molecular complexity index is 591. The maximum atomic E-state index is 4.51. The summed E-state index contributed by atoms with van der Waals surface area (Å²) in [6.45, 7) is 3.29. The molecule has 0 radical (unpaired) electrons. The molecule has 3 nitrogen and oxygen atoms in total. The Morgan fingerprint density at radius 1 is 1.10 bits per heavy atom. The minimum absolute atomic E-state index is 1.03. The molecule has 3 rings (SSSR count). The first-order valence-electron chi connectivity index (χ1n) is 8.39. The fraction of sp³-hybridized carbons (Fsp3) is 0.647. The number of nitrogens with one attached hydrogen (secondary N) is 1. The van der Waals surface area contributed by atoms with Gasteiger partial charge in [0.25, 0.3) is 0 Å². The smallest absolute Gasteiger partial charge is 0.138 e. The molecule has 0 bridgehead atoms. The number of hydrogen-bond donors (Lipinski definition) is 1. The second-order valence-electron chi connectivity index (χ2n) is 5.95. The van der Waals surface area contributed by atoms with Crippen molar-refractivity contribution < 1.29 is 0 Å². The lowest BCUT2D eigenvalue weighted by atomic mass is 9.97. The van der Waals surface area contributed by atoms with E-state index in [9.17, 15) is 0 Å². The van der Waals surface area contributed by atoms with E-state index in [1.54, 1.807) is 11.2 Å². The lowest BCUT2D eigenvalue weighted by molar-refractivity contribution is 0.645. The van der Waals surface area contributed by atoms with Gasteiger partial charge in [0.2, 0.25) is 0 Å². The fourth-order valence-corrected chi connectivity index (χ4v) is 4.39. The first-order valence-corrected chi connectivity index (χ1v) is 9.21. The summed E-state index contributed by atoms with van der Waals surface area (Å²) in [7, 11) is 0. The van der Waals surface area contributed by atoms with Crippen molar-refractivity contribution in [3.05, 3.63) is 16.8 Å². The van der Waals surface area contributed by atoms with E-state index in [0.29, 0.717) is 0 Å². The van der Waals surface area contributed by atoms with Gasteiger partial charge >= 0.3 is 0 Å². The highest BCUT2D eigenvalue weighted by molar-refractivity contribution is 7.19. The zero-order chi connectivity index (χ0) is 14.5. The Kier molecular flexibility index (Phi) is 5.07. The number of rotatable bonds is 7. The van der Waals surface area contributed by atoms with Crippen molar-refractivity contribution in [1.29, 1.82) is 0 Å². The van der Waals surface area contributed by atoms with Gasteiger partial charge in [-0.3, -0.25) is 0 Å². The summed E-state index contributed by atoms with van der Waals surface area (Å²) in [5.41, 5.74) is 1.52. The third kappa shape index (κ3) is 3.37. The SMILES string of the molecule is CCCCCCCNc1ncnc2sc3c(c12)CCCC3. The van der Waals surface area contributed by atoms with Gasteiger partial charge in [0, 0.05) is 11.4 Å². The van der Waals surface area contributed by atoms with Crippen LogP contribution in [0.5, 0.6) is 0 Å². The summed E-state index contributed by atoms with van der Waals surface area (Å²) in [5.74, 6) is 1.06. The fourth-order valence-electron chi connectivity index (χ4n) is 3.16. The Morgan fingerprint density at radius 3 is 2.86 bits per heavy atom. The molecule has 0 fully saturated rings. The Hall–Kier alpha value is -1.16. The molecule has 1 aliphatic carbocycles. The molecule has 4 heteroatoms. The Balaban J connectivity index is 1.69. The van der Waals surface area contributed by atoms with E-state index in [1.807, 2.05) is 11.3 Å². The van der Waals surface area contributed by atoms with Crippen LogP contribution < -0.4 is 5.32 Å². The summed E-state index contributed by atoms with van der Waals surface area (Å²) < 4.78 is 0. The van der Waals surface area contributed by atoms with E-state index < -0.39 is 0 Å². The topological polar surface area (TPSA) is 37.8 Å². The van der Waals surface area contributed by atoms with Gasteiger partial charge in [0.1, 0.15) is 17.0 Å².